The summed E-state index contributed by atoms with van der Waals surface area (Å²) < 4.78 is 0. The van der Waals surface area contributed by atoms with Crippen molar-refractivity contribution in [2.24, 2.45) is 0 Å². The summed E-state index contributed by atoms with van der Waals surface area (Å²) in [6.07, 6.45) is 0.645. The quantitative estimate of drug-likeness (QED) is 0.718. The molecule has 0 aliphatic heterocycles. The molecule has 0 aliphatic carbocycles. The Labute approximate surface area is 87.9 Å². The lowest BCUT2D eigenvalue weighted by Gasteiger charge is -2.05. The highest BCUT2D eigenvalue weighted by atomic mass is 16.4. The SMILES string of the molecule is Cc1ccccc1CCNC(=O)C(=O)O. The third kappa shape index (κ3) is 3.42. The van der Waals surface area contributed by atoms with Crippen molar-refractivity contribution in [2.45, 2.75) is 13.3 Å². The van der Waals surface area contributed by atoms with Crippen LogP contribution in [0.1, 0.15) is 11.1 Å². The van der Waals surface area contributed by atoms with Crippen LogP contribution in [0.25, 0.3) is 0 Å². The molecular weight excluding hydrogens is 194 g/mol. The van der Waals surface area contributed by atoms with Crippen molar-refractivity contribution in [3.63, 3.8) is 0 Å². The highest BCUT2D eigenvalue weighted by molar-refractivity contribution is 6.31. The molecule has 0 saturated carbocycles. The number of nitrogens with one attached hydrogen (secondary N) is 1. The van der Waals surface area contributed by atoms with Gasteiger partial charge in [-0.25, -0.2) is 4.79 Å². The zero-order valence-corrected chi connectivity index (χ0v) is 8.49. The molecule has 0 radical (unpaired) electrons. The number of aliphatic carboxylic acids is 1. The molecule has 1 aromatic rings. The summed E-state index contributed by atoms with van der Waals surface area (Å²) in [5, 5.41) is 10.6. The number of hydrogen-bond acceptors (Lipinski definition) is 2. The lowest BCUT2D eigenvalue weighted by Crippen LogP contribution is -2.32. The Morgan fingerprint density at radius 3 is 2.60 bits per heavy atom. The van der Waals surface area contributed by atoms with Crippen LogP contribution in [0, 0.1) is 6.92 Å². The largest absolute Gasteiger partial charge is 0.474 e. The number of benzene rings is 1. The van der Waals surface area contributed by atoms with Gasteiger partial charge in [-0.1, -0.05) is 24.3 Å². The summed E-state index contributed by atoms with van der Waals surface area (Å²) in [4.78, 5) is 20.9. The fourth-order valence-corrected chi connectivity index (χ4v) is 1.28. The van der Waals surface area contributed by atoms with E-state index in [0.29, 0.717) is 13.0 Å². The predicted octanol–water partition coefficient (Wildman–Crippen LogP) is 0.738. The van der Waals surface area contributed by atoms with Gasteiger partial charge in [0.2, 0.25) is 0 Å². The van der Waals surface area contributed by atoms with Gasteiger partial charge in [0.1, 0.15) is 0 Å². The van der Waals surface area contributed by atoms with Gasteiger partial charge in [0.25, 0.3) is 0 Å². The summed E-state index contributed by atoms with van der Waals surface area (Å²) in [5.41, 5.74) is 2.25. The molecule has 80 valence electrons. The van der Waals surface area contributed by atoms with E-state index < -0.39 is 11.9 Å². The first-order valence-corrected chi connectivity index (χ1v) is 4.67. The van der Waals surface area contributed by atoms with E-state index in [0.717, 1.165) is 11.1 Å². The average Bonchev–Trinajstić information content (AvgIpc) is 2.20. The first-order valence-electron chi connectivity index (χ1n) is 4.67. The number of aryl methyl sites for hydroxylation is 1. The number of hydrogen-bond donors (Lipinski definition) is 2. The van der Waals surface area contributed by atoms with Gasteiger partial charge in [0.05, 0.1) is 0 Å². The molecule has 2 N–H and O–H groups in total. The first-order chi connectivity index (χ1) is 7.11. The molecule has 0 spiro atoms. The van der Waals surface area contributed by atoms with Crippen LogP contribution >= 0.6 is 0 Å². The minimum absolute atomic E-state index is 0.343. The van der Waals surface area contributed by atoms with E-state index in [9.17, 15) is 9.59 Å². The molecule has 1 aromatic carbocycles. The molecule has 0 aliphatic rings. The van der Waals surface area contributed by atoms with Gasteiger partial charge in [-0.3, -0.25) is 4.79 Å². The third-order valence-corrected chi connectivity index (χ3v) is 2.14. The second-order valence-corrected chi connectivity index (χ2v) is 3.24. The monoisotopic (exact) mass is 207 g/mol. The number of carbonyl (C=O) groups is 2. The van der Waals surface area contributed by atoms with E-state index in [-0.39, 0.29) is 0 Å². The second-order valence-electron chi connectivity index (χ2n) is 3.24. The zero-order valence-electron chi connectivity index (χ0n) is 8.49. The minimum atomic E-state index is -1.44. The van der Waals surface area contributed by atoms with Crippen LogP contribution in [0.2, 0.25) is 0 Å². The van der Waals surface area contributed by atoms with Crippen molar-refractivity contribution in [1.29, 1.82) is 0 Å². The van der Waals surface area contributed by atoms with Crippen molar-refractivity contribution in [3.8, 4) is 0 Å². The fourth-order valence-electron chi connectivity index (χ4n) is 1.28. The van der Waals surface area contributed by atoms with Crippen molar-refractivity contribution in [2.75, 3.05) is 6.54 Å². The number of carboxylic acids is 1. The molecule has 0 atom stereocenters. The van der Waals surface area contributed by atoms with Crippen LogP contribution < -0.4 is 5.32 Å². The Balaban J connectivity index is 2.42. The van der Waals surface area contributed by atoms with Crippen molar-refractivity contribution in [3.05, 3.63) is 35.4 Å². The number of carbonyl (C=O) groups excluding carboxylic acids is 1. The molecule has 0 saturated heterocycles. The third-order valence-electron chi connectivity index (χ3n) is 2.14. The molecule has 0 bridgehead atoms. The zero-order chi connectivity index (χ0) is 11.3. The van der Waals surface area contributed by atoms with Crippen molar-refractivity contribution < 1.29 is 14.7 Å². The lowest BCUT2D eigenvalue weighted by atomic mass is 10.1. The van der Waals surface area contributed by atoms with E-state index in [4.69, 9.17) is 5.11 Å². The smallest absolute Gasteiger partial charge is 0.394 e. The molecule has 0 fully saturated rings. The fraction of sp³-hybridized carbons (Fsp3) is 0.273. The molecule has 4 heteroatoms. The van der Waals surface area contributed by atoms with Gasteiger partial charge in [-0.15, -0.1) is 0 Å². The first kappa shape index (κ1) is 11.2. The van der Waals surface area contributed by atoms with Crippen LogP contribution in [0.4, 0.5) is 0 Å². The summed E-state index contributed by atoms with van der Waals surface area (Å²) in [6, 6.07) is 7.80. The van der Waals surface area contributed by atoms with Crippen LogP contribution in [0.3, 0.4) is 0 Å². The lowest BCUT2D eigenvalue weighted by molar-refractivity contribution is -0.150. The van der Waals surface area contributed by atoms with Gasteiger partial charge in [-0.2, -0.15) is 0 Å². The minimum Gasteiger partial charge on any atom is -0.474 e. The Hall–Kier alpha value is -1.84. The summed E-state index contributed by atoms with van der Waals surface area (Å²) in [5.74, 6) is -2.40. The normalized spacial score (nSPS) is 9.67. The molecule has 15 heavy (non-hydrogen) atoms. The van der Waals surface area contributed by atoms with Crippen molar-refractivity contribution in [1.82, 2.24) is 5.32 Å². The standard InChI is InChI=1S/C11H13NO3/c1-8-4-2-3-5-9(8)6-7-12-10(13)11(14)15/h2-5H,6-7H2,1H3,(H,12,13)(H,14,15). The van der Waals surface area contributed by atoms with Crippen LogP contribution in [-0.2, 0) is 16.0 Å². The summed E-state index contributed by atoms with van der Waals surface area (Å²) >= 11 is 0. The maximum atomic E-state index is 10.7. The Kier molecular flexibility index (Phi) is 3.85. The number of amides is 1. The maximum absolute atomic E-state index is 10.7. The maximum Gasteiger partial charge on any atom is 0.394 e. The molecule has 0 unspecified atom stereocenters. The Morgan fingerprint density at radius 1 is 1.33 bits per heavy atom. The molecule has 4 nitrogen and oxygen atoms in total. The topological polar surface area (TPSA) is 66.4 Å². The van der Waals surface area contributed by atoms with E-state index in [1.165, 1.54) is 0 Å². The molecule has 0 heterocycles. The van der Waals surface area contributed by atoms with Crippen molar-refractivity contribution >= 4 is 11.9 Å². The molecule has 1 rings (SSSR count). The summed E-state index contributed by atoms with van der Waals surface area (Å²) in [7, 11) is 0. The van der Waals surface area contributed by atoms with Gasteiger partial charge >= 0.3 is 11.9 Å². The Bertz CT molecular complexity index is 374. The van der Waals surface area contributed by atoms with Gasteiger partial charge in [-0.05, 0) is 24.5 Å². The number of rotatable bonds is 3. The summed E-state index contributed by atoms with van der Waals surface area (Å²) in [6.45, 7) is 2.32. The van der Waals surface area contributed by atoms with Crippen LogP contribution in [0.5, 0.6) is 0 Å². The predicted molar refractivity (Wildman–Crippen MR) is 55.5 cm³/mol. The highest BCUT2D eigenvalue weighted by Crippen LogP contribution is 2.06. The van der Waals surface area contributed by atoms with Gasteiger partial charge in [0.15, 0.2) is 0 Å². The number of carboxylic acid groups (broad SMARTS) is 1. The van der Waals surface area contributed by atoms with Gasteiger partial charge < -0.3 is 10.4 Å². The molecule has 0 aromatic heterocycles. The van der Waals surface area contributed by atoms with Crippen LogP contribution in [-0.4, -0.2) is 23.5 Å². The van der Waals surface area contributed by atoms with Crippen LogP contribution in [0.15, 0.2) is 24.3 Å². The average molecular weight is 207 g/mol. The molecular formula is C11H13NO3. The molecule has 1 amide bonds. The van der Waals surface area contributed by atoms with E-state index in [1.54, 1.807) is 0 Å². The van der Waals surface area contributed by atoms with E-state index >= 15 is 0 Å². The highest BCUT2D eigenvalue weighted by Gasteiger charge is 2.09. The Morgan fingerprint density at radius 2 is 2.00 bits per heavy atom. The van der Waals surface area contributed by atoms with E-state index in [1.807, 2.05) is 31.2 Å². The van der Waals surface area contributed by atoms with Gasteiger partial charge in [0, 0.05) is 6.54 Å². The second kappa shape index (κ2) is 5.14. The van der Waals surface area contributed by atoms with E-state index in [2.05, 4.69) is 5.32 Å².